The lowest BCUT2D eigenvalue weighted by Gasteiger charge is -2.46. The highest BCUT2D eigenvalue weighted by Crippen LogP contribution is 2.41. The first-order valence-corrected chi connectivity index (χ1v) is 8.60. The van der Waals surface area contributed by atoms with E-state index in [0.29, 0.717) is 19.6 Å². The van der Waals surface area contributed by atoms with Gasteiger partial charge in [-0.1, -0.05) is 6.07 Å². The van der Waals surface area contributed by atoms with E-state index in [9.17, 15) is 9.59 Å². The van der Waals surface area contributed by atoms with Crippen molar-refractivity contribution < 1.29 is 14.3 Å². The van der Waals surface area contributed by atoms with Crippen LogP contribution in [0.3, 0.4) is 0 Å². The Morgan fingerprint density at radius 3 is 2.75 bits per heavy atom. The standard InChI is InChI=1S/C18H25N3O3/c1-24-14-16(22)20-10-6-18(7-11-20)5-3-9-21(17(18)23)13-15-4-2-8-19-12-15/h2,4,8,12H,3,5-7,9-11,13-14H2,1H3. The summed E-state index contributed by atoms with van der Waals surface area (Å²) in [4.78, 5) is 33.0. The van der Waals surface area contributed by atoms with Gasteiger partial charge in [-0.2, -0.15) is 0 Å². The van der Waals surface area contributed by atoms with Gasteiger partial charge in [-0.15, -0.1) is 0 Å². The number of carbonyl (C=O) groups is 2. The summed E-state index contributed by atoms with van der Waals surface area (Å²) in [6.07, 6.45) is 7.03. The number of carbonyl (C=O) groups excluding carboxylic acids is 2. The number of pyridine rings is 1. The third-order valence-corrected chi connectivity index (χ3v) is 5.26. The molecule has 3 heterocycles. The summed E-state index contributed by atoms with van der Waals surface area (Å²) in [6, 6.07) is 3.91. The zero-order chi connectivity index (χ0) is 17.0. The number of nitrogens with zero attached hydrogens (tertiary/aromatic N) is 3. The van der Waals surface area contributed by atoms with Crippen molar-refractivity contribution in [2.75, 3.05) is 33.4 Å². The molecule has 6 heteroatoms. The Hall–Kier alpha value is -1.95. The van der Waals surface area contributed by atoms with Gasteiger partial charge in [-0.3, -0.25) is 14.6 Å². The van der Waals surface area contributed by atoms with Crippen LogP contribution in [-0.4, -0.2) is 59.9 Å². The maximum Gasteiger partial charge on any atom is 0.248 e. The van der Waals surface area contributed by atoms with Crippen LogP contribution < -0.4 is 0 Å². The molecule has 0 saturated carbocycles. The Bertz CT molecular complexity index is 582. The predicted molar refractivity (Wildman–Crippen MR) is 89.0 cm³/mol. The van der Waals surface area contributed by atoms with E-state index in [4.69, 9.17) is 4.74 Å². The Morgan fingerprint density at radius 1 is 1.29 bits per heavy atom. The lowest BCUT2D eigenvalue weighted by atomic mass is 9.71. The van der Waals surface area contributed by atoms with E-state index in [-0.39, 0.29) is 23.8 Å². The second-order valence-electron chi connectivity index (χ2n) is 6.79. The summed E-state index contributed by atoms with van der Waals surface area (Å²) in [7, 11) is 1.53. The zero-order valence-electron chi connectivity index (χ0n) is 14.2. The van der Waals surface area contributed by atoms with Crippen molar-refractivity contribution >= 4 is 11.8 Å². The van der Waals surface area contributed by atoms with E-state index in [1.54, 1.807) is 6.20 Å². The zero-order valence-corrected chi connectivity index (χ0v) is 14.2. The van der Waals surface area contributed by atoms with Crippen molar-refractivity contribution in [3.8, 4) is 0 Å². The molecule has 1 aromatic rings. The maximum atomic E-state index is 13.1. The minimum absolute atomic E-state index is 0.0165. The highest BCUT2D eigenvalue weighted by atomic mass is 16.5. The monoisotopic (exact) mass is 331 g/mol. The number of amides is 2. The molecule has 1 aromatic heterocycles. The van der Waals surface area contributed by atoms with Gasteiger partial charge in [0.15, 0.2) is 0 Å². The van der Waals surface area contributed by atoms with Gasteiger partial charge in [0.1, 0.15) is 6.61 Å². The Morgan fingerprint density at radius 2 is 2.08 bits per heavy atom. The Kier molecular flexibility index (Phi) is 5.14. The molecule has 0 atom stereocenters. The summed E-state index contributed by atoms with van der Waals surface area (Å²) >= 11 is 0. The number of ether oxygens (including phenoxy) is 1. The maximum absolute atomic E-state index is 13.1. The fourth-order valence-corrected chi connectivity index (χ4v) is 3.88. The largest absolute Gasteiger partial charge is 0.375 e. The molecule has 0 unspecified atom stereocenters. The lowest BCUT2D eigenvalue weighted by Crippen LogP contribution is -2.54. The summed E-state index contributed by atoms with van der Waals surface area (Å²) in [5.41, 5.74) is 0.778. The molecular formula is C18H25N3O3. The predicted octanol–water partition coefficient (Wildman–Crippen LogP) is 1.46. The number of piperidine rings is 2. The van der Waals surface area contributed by atoms with Crippen molar-refractivity contribution in [2.45, 2.75) is 32.2 Å². The fraction of sp³-hybridized carbons (Fsp3) is 0.611. The van der Waals surface area contributed by atoms with Crippen LogP contribution in [0.2, 0.25) is 0 Å². The molecule has 6 nitrogen and oxygen atoms in total. The third-order valence-electron chi connectivity index (χ3n) is 5.26. The molecule has 2 aliphatic rings. The molecular weight excluding hydrogens is 306 g/mol. The molecule has 0 bridgehead atoms. The Balaban J connectivity index is 1.64. The molecule has 2 fully saturated rings. The van der Waals surface area contributed by atoms with Crippen molar-refractivity contribution in [1.82, 2.24) is 14.8 Å². The summed E-state index contributed by atoms with van der Waals surface area (Å²) < 4.78 is 4.93. The number of hydrogen-bond acceptors (Lipinski definition) is 4. The first kappa shape index (κ1) is 16.9. The van der Waals surface area contributed by atoms with Gasteiger partial charge in [0.25, 0.3) is 0 Å². The number of rotatable bonds is 4. The van der Waals surface area contributed by atoms with Gasteiger partial charge in [0.2, 0.25) is 11.8 Å². The van der Waals surface area contributed by atoms with Gasteiger partial charge in [-0.25, -0.2) is 0 Å². The fourth-order valence-electron chi connectivity index (χ4n) is 3.88. The van der Waals surface area contributed by atoms with Crippen molar-refractivity contribution in [3.63, 3.8) is 0 Å². The van der Waals surface area contributed by atoms with E-state index in [1.807, 2.05) is 28.1 Å². The summed E-state index contributed by atoms with van der Waals surface area (Å²) in [5.74, 6) is 0.263. The third kappa shape index (κ3) is 3.43. The van der Waals surface area contributed by atoms with E-state index >= 15 is 0 Å². The van der Waals surface area contributed by atoms with E-state index in [1.165, 1.54) is 7.11 Å². The second kappa shape index (κ2) is 7.30. The number of hydrogen-bond donors (Lipinski definition) is 0. The SMILES string of the molecule is COCC(=O)N1CCC2(CCCN(Cc3cccnc3)C2=O)CC1. The molecule has 1 spiro atoms. The molecule has 0 N–H and O–H groups in total. The topological polar surface area (TPSA) is 62.7 Å². The minimum atomic E-state index is -0.287. The molecule has 24 heavy (non-hydrogen) atoms. The van der Waals surface area contributed by atoms with Crippen LogP contribution in [0, 0.1) is 5.41 Å². The van der Waals surface area contributed by atoms with Gasteiger partial charge >= 0.3 is 0 Å². The summed E-state index contributed by atoms with van der Waals surface area (Å²) in [5, 5.41) is 0. The van der Waals surface area contributed by atoms with Crippen molar-refractivity contribution in [1.29, 1.82) is 0 Å². The molecule has 0 aliphatic carbocycles. The first-order chi connectivity index (χ1) is 11.6. The van der Waals surface area contributed by atoms with E-state index in [2.05, 4.69) is 4.98 Å². The van der Waals surface area contributed by atoms with Crippen LogP contribution in [0.4, 0.5) is 0 Å². The molecule has 2 amide bonds. The van der Waals surface area contributed by atoms with Gasteiger partial charge in [0.05, 0.1) is 5.41 Å². The van der Waals surface area contributed by atoms with Gasteiger partial charge < -0.3 is 14.5 Å². The highest BCUT2D eigenvalue weighted by molar-refractivity contribution is 5.84. The Labute approximate surface area is 142 Å². The first-order valence-electron chi connectivity index (χ1n) is 8.60. The molecule has 130 valence electrons. The molecule has 2 aliphatic heterocycles. The van der Waals surface area contributed by atoms with Crippen LogP contribution in [0.15, 0.2) is 24.5 Å². The van der Waals surface area contributed by atoms with E-state index in [0.717, 1.165) is 37.8 Å². The quantitative estimate of drug-likeness (QED) is 0.838. The van der Waals surface area contributed by atoms with Crippen LogP contribution in [0.1, 0.15) is 31.2 Å². The van der Waals surface area contributed by atoms with Crippen LogP contribution >= 0.6 is 0 Å². The normalized spacial score (nSPS) is 20.5. The van der Waals surface area contributed by atoms with Crippen LogP contribution in [0.25, 0.3) is 0 Å². The average molecular weight is 331 g/mol. The number of likely N-dealkylation sites (tertiary alicyclic amines) is 2. The lowest BCUT2D eigenvalue weighted by molar-refractivity contribution is -0.154. The highest BCUT2D eigenvalue weighted by Gasteiger charge is 2.46. The number of methoxy groups -OCH3 is 1. The average Bonchev–Trinajstić information content (AvgIpc) is 2.61. The van der Waals surface area contributed by atoms with Crippen LogP contribution in [0.5, 0.6) is 0 Å². The smallest absolute Gasteiger partial charge is 0.248 e. The molecule has 0 aromatic carbocycles. The molecule has 2 saturated heterocycles. The second-order valence-corrected chi connectivity index (χ2v) is 6.79. The van der Waals surface area contributed by atoms with Crippen LogP contribution in [-0.2, 0) is 20.9 Å². The number of aromatic nitrogens is 1. The molecule has 3 rings (SSSR count). The van der Waals surface area contributed by atoms with Gasteiger partial charge in [0, 0.05) is 45.7 Å². The minimum Gasteiger partial charge on any atom is -0.375 e. The van der Waals surface area contributed by atoms with E-state index < -0.39 is 0 Å². The van der Waals surface area contributed by atoms with Crippen molar-refractivity contribution in [3.05, 3.63) is 30.1 Å². The van der Waals surface area contributed by atoms with Gasteiger partial charge in [-0.05, 0) is 37.3 Å². The molecule has 0 radical (unpaired) electrons. The summed E-state index contributed by atoms with van der Waals surface area (Å²) in [6.45, 7) is 2.85. The van der Waals surface area contributed by atoms with Crippen molar-refractivity contribution in [2.24, 2.45) is 5.41 Å².